The highest BCUT2D eigenvalue weighted by atomic mass is 19.1. The van der Waals surface area contributed by atoms with E-state index >= 15 is 0 Å². The maximum atomic E-state index is 13.1. The van der Waals surface area contributed by atoms with Crippen LogP contribution in [-0.4, -0.2) is 38.0 Å². The molecule has 0 saturated carbocycles. The van der Waals surface area contributed by atoms with Crippen LogP contribution in [0.15, 0.2) is 36.4 Å². The second-order valence-corrected chi connectivity index (χ2v) is 7.63. The molecule has 1 saturated heterocycles. The number of aliphatic hydroxyl groups is 1. The third kappa shape index (κ3) is 2.64. The molecule has 3 aromatic rings. The minimum Gasteiger partial charge on any atom is -0.381 e. The number of β-amino-alcohol motifs (C(OH)–C–C–N with tert-alkyl or cyclic N) is 1. The molecule has 3 heterocycles. The fraction of sp³-hybridized carbons (Fsp3) is 0.389. The SMILES string of the molecule is CC(C)(C)c1nnc2ccc(N3CC(O)(c4ccc(F)cc4)C3)nn12. The predicted octanol–water partition coefficient (Wildman–Crippen LogP) is 2.27. The van der Waals surface area contributed by atoms with E-state index in [0.29, 0.717) is 24.3 Å². The Morgan fingerprint density at radius 1 is 1.04 bits per heavy atom. The van der Waals surface area contributed by atoms with Crippen molar-refractivity contribution in [3.63, 3.8) is 0 Å². The van der Waals surface area contributed by atoms with E-state index in [1.165, 1.54) is 12.1 Å². The van der Waals surface area contributed by atoms with E-state index in [4.69, 9.17) is 0 Å². The molecule has 25 heavy (non-hydrogen) atoms. The summed E-state index contributed by atoms with van der Waals surface area (Å²) in [5, 5.41) is 23.8. The van der Waals surface area contributed by atoms with Gasteiger partial charge < -0.3 is 10.0 Å². The van der Waals surface area contributed by atoms with Gasteiger partial charge in [-0.25, -0.2) is 4.39 Å². The summed E-state index contributed by atoms with van der Waals surface area (Å²) >= 11 is 0. The van der Waals surface area contributed by atoms with Crippen molar-refractivity contribution in [2.24, 2.45) is 0 Å². The topological polar surface area (TPSA) is 66.5 Å². The van der Waals surface area contributed by atoms with Gasteiger partial charge in [0.25, 0.3) is 0 Å². The zero-order chi connectivity index (χ0) is 17.8. The molecule has 6 nitrogen and oxygen atoms in total. The molecule has 4 rings (SSSR count). The molecule has 7 heteroatoms. The summed E-state index contributed by atoms with van der Waals surface area (Å²) in [5.74, 6) is 1.24. The van der Waals surface area contributed by atoms with Gasteiger partial charge in [0.05, 0.1) is 13.1 Å². The van der Waals surface area contributed by atoms with E-state index in [2.05, 4.69) is 36.1 Å². The first-order valence-corrected chi connectivity index (χ1v) is 8.23. The van der Waals surface area contributed by atoms with Crippen LogP contribution in [0.2, 0.25) is 0 Å². The van der Waals surface area contributed by atoms with Gasteiger partial charge in [0, 0.05) is 5.41 Å². The van der Waals surface area contributed by atoms with Gasteiger partial charge in [-0.05, 0) is 29.8 Å². The van der Waals surface area contributed by atoms with Crippen molar-refractivity contribution in [3.05, 3.63) is 53.6 Å². The summed E-state index contributed by atoms with van der Waals surface area (Å²) in [6.07, 6.45) is 0. The lowest BCUT2D eigenvalue weighted by molar-refractivity contribution is 0.00688. The van der Waals surface area contributed by atoms with Crippen molar-refractivity contribution >= 4 is 11.5 Å². The van der Waals surface area contributed by atoms with E-state index in [0.717, 1.165) is 11.6 Å². The molecule has 0 amide bonds. The number of rotatable bonds is 2. The van der Waals surface area contributed by atoms with E-state index in [-0.39, 0.29) is 11.2 Å². The Labute approximate surface area is 144 Å². The van der Waals surface area contributed by atoms with Crippen molar-refractivity contribution in [1.29, 1.82) is 0 Å². The van der Waals surface area contributed by atoms with Crippen LogP contribution in [0.25, 0.3) is 5.65 Å². The Balaban J connectivity index is 1.61. The second kappa shape index (κ2) is 5.23. The largest absolute Gasteiger partial charge is 0.381 e. The Morgan fingerprint density at radius 3 is 2.36 bits per heavy atom. The number of halogens is 1. The maximum absolute atomic E-state index is 13.1. The third-order valence-corrected chi connectivity index (χ3v) is 4.53. The highest BCUT2D eigenvalue weighted by Gasteiger charge is 2.43. The van der Waals surface area contributed by atoms with Gasteiger partial charge in [-0.1, -0.05) is 32.9 Å². The molecule has 0 atom stereocenters. The number of aromatic nitrogens is 4. The predicted molar refractivity (Wildman–Crippen MR) is 92.0 cm³/mol. The zero-order valence-corrected chi connectivity index (χ0v) is 14.4. The lowest BCUT2D eigenvalue weighted by atomic mass is 9.86. The second-order valence-electron chi connectivity index (χ2n) is 7.63. The summed E-state index contributed by atoms with van der Waals surface area (Å²) in [6, 6.07) is 9.74. The molecule has 1 fully saturated rings. The summed E-state index contributed by atoms with van der Waals surface area (Å²) in [6.45, 7) is 7.01. The van der Waals surface area contributed by atoms with Crippen molar-refractivity contribution < 1.29 is 9.50 Å². The van der Waals surface area contributed by atoms with Crippen LogP contribution < -0.4 is 4.90 Å². The molecule has 2 aromatic heterocycles. The fourth-order valence-corrected chi connectivity index (χ4v) is 3.11. The molecule has 130 valence electrons. The lowest BCUT2D eigenvalue weighted by Gasteiger charge is -2.47. The highest BCUT2D eigenvalue weighted by molar-refractivity contribution is 5.50. The number of anilines is 1. The van der Waals surface area contributed by atoms with Crippen LogP contribution in [0, 0.1) is 5.82 Å². The normalized spacial score (nSPS) is 16.9. The monoisotopic (exact) mass is 341 g/mol. The first kappa shape index (κ1) is 16.0. The molecule has 1 aromatic carbocycles. The van der Waals surface area contributed by atoms with Crippen LogP contribution in [-0.2, 0) is 11.0 Å². The molecule has 0 aliphatic carbocycles. The van der Waals surface area contributed by atoms with Crippen molar-refractivity contribution in [1.82, 2.24) is 19.8 Å². The van der Waals surface area contributed by atoms with Crippen molar-refractivity contribution in [3.8, 4) is 0 Å². The Hall–Kier alpha value is -2.54. The fourth-order valence-electron chi connectivity index (χ4n) is 3.11. The minimum absolute atomic E-state index is 0.172. The summed E-state index contributed by atoms with van der Waals surface area (Å²) in [4.78, 5) is 1.98. The molecule has 0 bridgehead atoms. The van der Waals surface area contributed by atoms with Gasteiger partial charge in [0.1, 0.15) is 17.2 Å². The standard InChI is InChI=1S/C18H20FN5O/c1-17(2,3)16-21-20-14-8-9-15(22-24(14)16)23-10-18(25,11-23)12-4-6-13(19)7-5-12/h4-9,25H,10-11H2,1-3H3. The number of hydrogen-bond acceptors (Lipinski definition) is 5. The molecule has 0 unspecified atom stereocenters. The van der Waals surface area contributed by atoms with Gasteiger partial charge in [-0.2, -0.15) is 4.52 Å². The van der Waals surface area contributed by atoms with Crippen molar-refractivity contribution in [2.45, 2.75) is 31.8 Å². The zero-order valence-electron chi connectivity index (χ0n) is 14.4. The van der Waals surface area contributed by atoms with E-state index in [9.17, 15) is 9.50 Å². The molecular weight excluding hydrogens is 321 g/mol. The van der Waals surface area contributed by atoms with Crippen LogP contribution in [0.3, 0.4) is 0 Å². The van der Waals surface area contributed by atoms with Crippen LogP contribution in [0.5, 0.6) is 0 Å². The summed E-state index contributed by atoms with van der Waals surface area (Å²) in [7, 11) is 0. The first-order valence-electron chi connectivity index (χ1n) is 8.23. The molecule has 1 aliphatic rings. The minimum atomic E-state index is -0.982. The van der Waals surface area contributed by atoms with Crippen LogP contribution >= 0.6 is 0 Å². The number of benzene rings is 1. The third-order valence-electron chi connectivity index (χ3n) is 4.53. The molecule has 1 N–H and O–H groups in total. The van der Waals surface area contributed by atoms with Crippen LogP contribution in [0.4, 0.5) is 10.2 Å². The smallest absolute Gasteiger partial charge is 0.178 e. The van der Waals surface area contributed by atoms with E-state index < -0.39 is 5.60 Å². The number of hydrogen-bond donors (Lipinski definition) is 1. The lowest BCUT2D eigenvalue weighted by Crippen LogP contribution is -2.60. The van der Waals surface area contributed by atoms with Gasteiger partial charge in [-0.15, -0.1) is 15.3 Å². The van der Waals surface area contributed by atoms with Gasteiger partial charge in [0.2, 0.25) is 0 Å². The number of fused-ring (bicyclic) bond motifs is 1. The van der Waals surface area contributed by atoms with Gasteiger partial charge in [-0.3, -0.25) is 0 Å². The quantitative estimate of drug-likeness (QED) is 0.774. The van der Waals surface area contributed by atoms with E-state index in [1.807, 2.05) is 17.0 Å². The molecule has 0 spiro atoms. The average Bonchev–Trinajstić information content (AvgIpc) is 2.95. The van der Waals surface area contributed by atoms with Gasteiger partial charge in [0.15, 0.2) is 11.5 Å². The Kier molecular flexibility index (Phi) is 3.34. The van der Waals surface area contributed by atoms with Crippen LogP contribution in [0.1, 0.15) is 32.2 Å². The molecule has 1 aliphatic heterocycles. The molecule has 0 radical (unpaired) electrons. The maximum Gasteiger partial charge on any atom is 0.178 e. The summed E-state index contributed by atoms with van der Waals surface area (Å²) in [5.41, 5.74) is 0.257. The Bertz CT molecular complexity index is 923. The number of nitrogens with zero attached hydrogens (tertiary/aromatic N) is 5. The Morgan fingerprint density at radius 2 is 1.72 bits per heavy atom. The van der Waals surface area contributed by atoms with Gasteiger partial charge >= 0.3 is 0 Å². The first-order chi connectivity index (χ1) is 11.8. The van der Waals surface area contributed by atoms with Crippen molar-refractivity contribution in [2.75, 3.05) is 18.0 Å². The molecular formula is C18H20FN5O. The summed E-state index contributed by atoms with van der Waals surface area (Å²) < 4.78 is 14.8. The average molecular weight is 341 g/mol. The van der Waals surface area contributed by atoms with E-state index in [1.54, 1.807) is 16.6 Å². The highest BCUT2D eigenvalue weighted by Crippen LogP contribution is 2.34.